The molecule has 0 aromatic heterocycles. The molecule has 8 rings (SSSR count). The van der Waals surface area contributed by atoms with Crippen LogP contribution in [0.25, 0.3) is 43.1 Å². The zero-order valence-electron chi connectivity index (χ0n) is 23.6. The SMILES string of the molecule is [C-]1=CC=CC1.[Cl-].[Cl-].[Zr+2]=[C](c1ccc(I)cc1)c1ccc(I)cc1.c1ccc2c(c1)[cH-]c1c3ccccc3c3ccccc3c21. The van der Waals surface area contributed by atoms with Crippen LogP contribution in [0.5, 0.6) is 0 Å². The largest absolute Gasteiger partial charge is 0.126 e. The van der Waals surface area contributed by atoms with Crippen LogP contribution < -0.4 is 24.8 Å². The van der Waals surface area contributed by atoms with E-state index in [0.29, 0.717) is 0 Å². The average molecular weight is 911 g/mol. The molecule has 0 aliphatic heterocycles. The Hall–Kier alpha value is -2.02. The zero-order chi connectivity index (χ0) is 28.9. The fourth-order valence-electron chi connectivity index (χ4n) is 5.35. The molecule has 0 spiro atoms. The molecule has 0 unspecified atom stereocenters. The minimum atomic E-state index is 0. The van der Waals surface area contributed by atoms with Gasteiger partial charge in [-0.3, -0.25) is 6.08 Å². The van der Waals surface area contributed by atoms with Crippen LogP contribution in [-0.4, -0.2) is 3.21 Å². The summed E-state index contributed by atoms with van der Waals surface area (Å²) in [6.07, 6.45) is 10.0. The van der Waals surface area contributed by atoms with Gasteiger partial charge in [0.2, 0.25) is 0 Å². The van der Waals surface area contributed by atoms with Gasteiger partial charge in [0.1, 0.15) is 0 Å². The van der Waals surface area contributed by atoms with E-state index in [2.05, 4.69) is 185 Å². The van der Waals surface area contributed by atoms with E-state index in [-0.39, 0.29) is 24.8 Å². The van der Waals surface area contributed by atoms with Gasteiger partial charge in [0, 0.05) is 0 Å². The van der Waals surface area contributed by atoms with Gasteiger partial charge in [-0.2, -0.15) is 6.08 Å². The van der Waals surface area contributed by atoms with Crippen molar-refractivity contribution in [3.05, 3.63) is 170 Å². The van der Waals surface area contributed by atoms with Crippen LogP contribution in [0.15, 0.2) is 146 Å². The minimum Gasteiger partial charge on any atom is -0.126 e. The third kappa shape index (κ3) is 7.85. The molecule has 7 aromatic rings. The monoisotopic (exact) mass is 908 g/mol. The molecule has 0 saturated carbocycles. The maximum absolute atomic E-state index is 2.99. The van der Waals surface area contributed by atoms with Crippen LogP contribution in [0.3, 0.4) is 0 Å². The molecule has 0 nitrogen and oxygen atoms in total. The maximum Gasteiger partial charge on any atom is -0.0255 e. The summed E-state index contributed by atoms with van der Waals surface area (Å²) in [6.45, 7) is 0. The molecule has 0 amide bonds. The van der Waals surface area contributed by atoms with Gasteiger partial charge in [0.15, 0.2) is 0 Å². The fourth-order valence-corrected chi connectivity index (χ4v) is 6.89. The van der Waals surface area contributed by atoms with Gasteiger partial charge in [-0.25, -0.2) is 12.2 Å². The Morgan fingerprint density at radius 2 is 1.07 bits per heavy atom. The average Bonchev–Trinajstić information content (AvgIpc) is 3.75. The van der Waals surface area contributed by atoms with Gasteiger partial charge < -0.3 is 24.8 Å². The number of benzene rings is 6. The minimum absolute atomic E-state index is 0. The van der Waals surface area contributed by atoms with E-state index in [1.165, 1.54) is 88.8 Å². The molecule has 44 heavy (non-hydrogen) atoms. The molecule has 0 fully saturated rings. The third-order valence-electron chi connectivity index (χ3n) is 7.35. The first kappa shape index (κ1) is 34.8. The van der Waals surface area contributed by atoms with E-state index >= 15 is 0 Å². The van der Waals surface area contributed by atoms with Crippen molar-refractivity contribution >= 4 is 91.5 Å². The first-order valence-corrected chi connectivity index (χ1v) is 17.2. The summed E-state index contributed by atoms with van der Waals surface area (Å²) < 4.78 is 3.99. The Morgan fingerprint density at radius 1 is 0.591 bits per heavy atom. The molecular formula is C39H26Cl2I2Zr-2. The molecule has 7 aromatic carbocycles. The smallest absolute Gasteiger partial charge is 0.0255 e. The standard InChI is InChI=1S/C21H13.C13H8I2.C5H5.2ClH.Zr/c1-2-8-15-14(7-1)13-20-18-11-4-3-9-16(18)17-10-5-6-12-19(17)21(15)20;14-12-5-1-10(2-6-12)9-11-3-7-13(15)8-4-11;1-2-4-5-3-1;;;/h1-13H;1-8H;1-3H,4H2;2*1H;/q-1;;-1;;;+2/p-2. The topological polar surface area (TPSA) is 0 Å². The maximum atomic E-state index is 2.99. The van der Waals surface area contributed by atoms with Gasteiger partial charge in [-0.1, -0.05) is 77.5 Å². The van der Waals surface area contributed by atoms with E-state index < -0.39 is 0 Å². The second kappa shape index (κ2) is 16.5. The molecule has 5 heteroatoms. The summed E-state index contributed by atoms with van der Waals surface area (Å²) in [5.41, 5.74) is 2.67. The summed E-state index contributed by atoms with van der Waals surface area (Å²) in [5, 5.41) is 10.8. The number of hydrogen-bond donors (Lipinski definition) is 0. The Morgan fingerprint density at radius 3 is 1.57 bits per heavy atom. The van der Waals surface area contributed by atoms with E-state index in [0.717, 1.165) is 6.42 Å². The van der Waals surface area contributed by atoms with Crippen molar-refractivity contribution in [1.29, 1.82) is 0 Å². The van der Waals surface area contributed by atoms with Crippen molar-refractivity contribution < 1.29 is 49.0 Å². The van der Waals surface area contributed by atoms with Gasteiger partial charge in [0.05, 0.1) is 0 Å². The van der Waals surface area contributed by atoms with Crippen molar-refractivity contribution in [2.45, 2.75) is 6.42 Å². The number of fused-ring (bicyclic) bond motifs is 8. The molecule has 0 saturated heterocycles. The van der Waals surface area contributed by atoms with Crippen LogP contribution in [0.4, 0.5) is 0 Å². The summed E-state index contributed by atoms with van der Waals surface area (Å²) in [4.78, 5) is 0. The summed E-state index contributed by atoms with van der Waals surface area (Å²) in [6, 6.07) is 45.9. The third-order valence-corrected chi connectivity index (χ3v) is 10.2. The Balaban J connectivity index is 0.000000171. The Kier molecular flexibility index (Phi) is 13.1. The molecule has 216 valence electrons. The van der Waals surface area contributed by atoms with E-state index in [4.69, 9.17) is 0 Å². The molecule has 0 heterocycles. The van der Waals surface area contributed by atoms with E-state index in [9.17, 15) is 0 Å². The normalized spacial score (nSPS) is 11.4. The quantitative estimate of drug-likeness (QED) is 0.125. The van der Waals surface area contributed by atoms with Gasteiger partial charge in [-0.15, -0.1) is 40.1 Å². The second-order valence-electron chi connectivity index (χ2n) is 10.0. The van der Waals surface area contributed by atoms with Gasteiger partial charge >= 0.3 is 139 Å². The van der Waals surface area contributed by atoms with Crippen LogP contribution >= 0.6 is 45.2 Å². The van der Waals surface area contributed by atoms with Crippen molar-refractivity contribution in [2.24, 2.45) is 0 Å². The van der Waals surface area contributed by atoms with Gasteiger partial charge in [-0.05, 0) is 10.8 Å². The molecule has 0 atom stereocenters. The van der Waals surface area contributed by atoms with E-state index in [1.807, 2.05) is 12.2 Å². The molecule has 0 bridgehead atoms. The van der Waals surface area contributed by atoms with Crippen molar-refractivity contribution in [3.63, 3.8) is 0 Å². The molecule has 1 aliphatic rings. The van der Waals surface area contributed by atoms with Crippen molar-refractivity contribution in [2.75, 3.05) is 0 Å². The van der Waals surface area contributed by atoms with Crippen LogP contribution in [0.2, 0.25) is 0 Å². The predicted octanol–water partition coefficient (Wildman–Crippen LogP) is 5.34. The molecule has 0 N–H and O–H groups in total. The number of hydrogen-bond acceptors (Lipinski definition) is 0. The Bertz CT molecular complexity index is 2030. The van der Waals surface area contributed by atoms with Crippen LogP contribution in [-0.2, 0) is 24.2 Å². The summed E-state index contributed by atoms with van der Waals surface area (Å²) in [5.74, 6) is 0. The zero-order valence-corrected chi connectivity index (χ0v) is 31.9. The Labute approximate surface area is 313 Å². The molecule has 1 aliphatic carbocycles. The van der Waals surface area contributed by atoms with Crippen molar-refractivity contribution in [1.82, 2.24) is 0 Å². The number of allylic oxidation sites excluding steroid dienone is 4. The molecule has 0 radical (unpaired) electrons. The first-order valence-electron chi connectivity index (χ1n) is 13.8. The summed E-state index contributed by atoms with van der Waals surface area (Å²) >= 11 is 6.13. The number of halogens is 4. The second-order valence-corrected chi connectivity index (χ2v) is 13.7. The molecular weight excluding hydrogens is 884 g/mol. The van der Waals surface area contributed by atoms with E-state index in [1.54, 1.807) is 0 Å². The van der Waals surface area contributed by atoms with Crippen molar-refractivity contribution in [3.8, 4) is 0 Å². The van der Waals surface area contributed by atoms with Crippen LogP contribution in [0, 0.1) is 13.2 Å². The van der Waals surface area contributed by atoms with Crippen LogP contribution in [0.1, 0.15) is 17.5 Å². The fraction of sp³-hybridized carbons (Fsp3) is 0.0256. The summed E-state index contributed by atoms with van der Waals surface area (Å²) in [7, 11) is 0. The predicted molar refractivity (Wildman–Crippen MR) is 195 cm³/mol. The number of rotatable bonds is 2. The first-order chi connectivity index (χ1) is 20.6. The van der Waals surface area contributed by atoms with Gasteiger partial charge in [0.25, 0.3) is 0 Å².